The molecule has 110 valence electrons. The summed E-state index contributed by atoms with van der Waals surface area (Å²) in [6.07, 6.45) is 6.06. The van der Waals surface area contributed by atoms with Crippen molar-refractivity contribution in [2.24, 2.45) is 5.41 Å². The van der Waals surface area contributed by atoms with Crippen LogP contribution in [0.1, 0.15) is 52.0 Å². The molecule has 1 atom stereocenters. The fourth-order valence-corrected chi connectivity index (χ4v) is 3.55. The Morgan fingerprint density at radius 1 is 1.15 bits per heavy atom. The molecule has 20 heavy (non-hydrogen) atoms. The summed E-state index contributed by atoms with van der Waals surface area (Å²) in [5.74, 6) is 0. The van der Waals surface area contributed by atoms with Crippen molar-refractivity contribution in [1.29, 1.82) is 0 Å². The molecule has 1 aliphatic rings. The summed E-state index contributed by atoms with van der Waals surface area (Å²) >= 11 is 0. The first-order chi connectivity index (χ1) is 9.39. The third kappa shape index (κ3) is 4.64. The Morgan fingerprint density at radius 2 is 1.85 bits per heavy atom. The van der Waals surface area contributed by atoms with Gasteiger partial charge in [0.05, 0.1) is 5.60 Å². The van der Waals surface area contributed by atoms with Crippen molar-refractivity contribution >= 4 is 7.12 Å². The van der Waals surface area contributed by atoms with Crippen LogP contribution in [-0.4, -0.2) is 17.7 Å². The van der Waals surface area contributed by atoms with Crippen LogP contribution < -0.4 is 0 Å². The fraction of sp³-hybridized carbons (Fsp3) is 0.647. The van der Waals surface area contributed by atoms with E-state index in [2.05, 4.69) is 32.9 Å². The molecule has 3 heteroatoms. The van der Waals surface area contributed by atoms with Gasteiger partial charge in [-0.05, 0) is 49.9 Å². The minimum atomic E-state index is -0.658. The molecule has 1 N–H and O–H groups in total. The quantitative estimate of drug-likeness (QED) is 0.819. The lowest BCUT2D eigenvalue weighted by molar-refractivity contribution is -0.0163. The van der Waals surface area contributed by atoms with Crippen molar-refractivity contribution < 1.29 is 9.68 Å². The van der Waals surface area contributed by atoms with E-state index in [0.717, 1.165) is 19.3 Å². The van der Waals surface area contributed by atoms with Crippen molar-refractivity contribution in [3.8, 4) is 0 Å². The first-order valence-corrected chi connectivity index (χ1v) is 7.78. The van der Waals surface area contributed by atoms with Crippen LogP contribution in [-0.2, 0) is 11.1 Å². The van der Waals surface area contributed by atoms with Crippen molar-refractivity contribution in [3.05, 3.63) is 35.9 Å². The zero-order chi connectivity index (χ0) is 14.6. The number of benzene rings is 1. The van der Waals surface area contributed by atoms with E-state index in [-0.39, 0.29) is 5.60 Å². The van der Waals surface area contributed by atoms with E-state index in [4.69, 9.17) is 4.65 Å². The van der Waals surface area contributed by atoms with Crippen LogP contribution in [0.5, 0.6) is 0 Å². The van der Waals surface area contributed by atoms with E-state index < -0.39 is 7.12 Å². The predicted octanol–water partition coefficient (Wildman–Crippen LogP) is 4.09. The average Bonchev–Trinajstić information content (AvgIpc) is 2.35. The van der Waals surface area contributed by atoms with Crippen LogP contribution in [0.3, 0.4) is 0 Å². The smallest absolute Gasteiger partial charge is 0.427 e. The number of rotatable bonds is 5. The molecular formula is C17H27BO2. The maximum absolute atomic E-state index is 10.2. The Morgan fingerprint density at radius 3 is 2.50 bits per heavy atom. The van der Waals surface area contributed by atoms with E-state index >= 15 is 0 Å². The molecule has 1 fully saturated rings. The fourth-order valence-electron chi connectivity index (χ4n) is 3.55. The van der Waals surface area contributed by atoms with Gasteiger partial charge < -0.3 is 9.68 Å². The van der Waals surface area contributed by atoms with Crippen LogP contribution in [0.15, 0.2) is 30.3 Å². The van der Waals surface area contributed by atoms with E-state index in [1.165, 1.54) is 18.4 Å². The highest BCUT2D eigenvalue weighted by molar-refractivity contribution is 6.42. The lowest BCUT2D eigenvalue weighted by Crippen LogP contribution is -2.43. The summed E-state index contributed by atoms with van der Waals surface area (Å²) in [7, 11) is -0.658. The molecule has 1 aromatic carbocycles. The van der Waals surface area contributed by atoms with Crippen LogP contribution in [0, 0.1) is 5.41 Å². The van der Waals surface area contributed by atoms with E-state index in [1.807, 2.05) is 18.2 Å². The largest absolute Gasteiger partial charge is 0.454 e. The highest BCUT2D eigenvalue weighted by Crippen LogP contribution is 2.42. The molecule has 0 heterocycles. The molecule has 0 aromatic heterocycles. The lowest BCUT2D eigenvalue weighted by atomic mass is 9.69. The van der Waals surface area contributed by atoms with E-state index in [0.29, 0.717) is 11.7 Å². The normalized spacial score (nSPS) is 25.4. The highest BCUT2D eigenvalue weighted by Gasteiger charge is 2.39. The van der Waals surface area contributed by atoms with Gasteiger partial charge in [-0.25, -0.2) is 0 Å². The van der Waals surface area contributed by atoms with Crippen molar-refractivity contribution in [2.45, 2.75) is 64.8 Å². The minimum absolute atomic E-state index is 0.169. The van der Waals surface area contributed by atoms with Gasteiger partial charge in [-0.3, -0.25) is 0 Å². The van der Waals surface area contributed by atoms with Gasteiger partial charge in [0.1, 0.15) is 0 Å². The minimum Gasteiger partial charge on any atom is -0.427 e. The Balaban J connectivity index is 1.83. The topological polar surface area (TPSA) is 29.5 Å². The standard InChI is InChI=1S/C17H27BO2/c1-16(2)11-7-12-17(3,14-16)20-18(19)13-10-15-8-5-4-6-9-15/h4-6,8-9,19H,7,10-14H2,1-3H3/t17-/m1/s1. The molecule has 0 amide bonds. The lowest BCUT2D eigenvalue weighted by Gasteiger charge is -2.43. The molecule has 0 unspecified atom stereocenters. The van der Waals surface area contributed by atoms with Crippen LogP contribution in [0.4, 0.5) is 0 Å². The van der Waals surface area contributed by atoms with Crippen LogP contribution >= 0.6 is 0 Å². The molecule has 2 nitrogen and oxygen atoms in total. The molecule has 0 spiro atoms. The van der Waals surface area contributed by atoms with Gasteiger partial charge in [0, 0.05) is 0 Å². The van der Waals surface area contributed by atoms with Gasteiger partial charge in [0.25, 0.3) is 0 Å². The molecule has 1 aliphatic carbocycles. The maximum Gasteiger partial charge on any atom is 0.454 e. The summed E-state index contributed by atoms with van der Waals surface area (Å²) in [5.41, 5.74) is 1.41. The molecule has 1 aromatic rings. The zero-order valence-corrected chi connectivity index (χ0v) is 13.1. The summed E-state index contributed by atoms with van der Waals surface area (Å²) in [6, 6.07) is 10.3. The monoisotopic (exact) mass is 274 g/mol. The number of hydrogen-bond donors (Lipinski definition) is 1. The molecule has 0 aliphatic heterocycles. The van der Waals surface area contributed by atoms with E-state index in [9.17, 15) is 5.02 Å². The first kappa shape index (κ1) is 15.6. The second kappa shape index (κ2) is 6.32. The molecular weight excluding hydrogens is 247 g/mol. The van der Waals surface area contributed by atoms with Gasteiger partial charge in [-0.1, -0.05) is 50.6 Å². The predicted molar refractivity (Wildman–Crippen MR) is 84.7 cm³/mol. The second-order valence-corrected chi connectivity index (χ2v) is 7.24. The van der Waals surface area contributed by atoms with Gasteiger partial charge in [-0.15, -0.1) is 0 Å². The van der Waals surface area contributed by atoms with Crippen LogP contribution in [0.25, 0.3) is 0 Å². The van der Waals surface area contributed by atoms with Crippen molar-refractivity contribution in [3.63, 3.8) is 0 Å². The van der Waals surface area contributed by atoms with Gasteiger partial charge in [0.15, 0.2) is 0 Å². The highest BCUT2D eigenvalue weighted by atomic mass is 16.5. The summed E-state index contributed by atoms with van der Waals surface area (Å²) in [6.45, 7) is 6.74. The molecule has 1 saturated carbocycles. The summed E-state index contributed by atoms with van der Waals surface area (Å²) in [4.78, 5) is 0. The molecule has 0 saturated heterocycles. The van der Waals surface area contributed by atoms with Crippen molar-refractivity contribution in [1.82, 2.24) is 0 Å². The third-order valence-corrected chi connectivity index (χ3v) is 4.36. The Hall–Kier alpha value is -0.795. The number of aryl methyl sites for hydroxylation is 1. The van der Waals surface area contributed by atoms with Gasteiger partial charge in [0.2, 0.25) is 0 Å². The Labute approximate surface area is 123 Å². The molecule has 2 rings (SSSR count). The van der Waals surface area contributed by atoms with Crippen molar-refractivity contribution in [2.75, 3.05) is 0 Å². The molecule has 0 bridgehead atoms. The van der Waals surface area contributed by atoms with E-state index in [1.54, 1.807) is 0 Å². The summed E-state index contributed by atoms with van der Waals surface area (Å²) < 4.78 is 5.99. The Kier molecular flexibility index (Phi) is 4.93. The first-order valence-electron chi connectivity index (χ1n) is 7.78. The molecule has 0 radical (unpaired) electrons. The van der Waals surface area contributed by atoms with Crippen LogP contribution in [0.2, 0.25) is 6.32 Å². The van der Waals surface area contributed by atoms with Gasteiger partial charge >= 0.3 is 7.12 Å². The van der Waals surface area contributed by atoms with Gasteiger partial charge in [-0.2, -0.15) is 0 Å². The Bertz CT molecular complexity index is 418. The number of hydrogen-bond acceptors (Lipinski definition) is 2. The summed E-state index contributed by atoms with van der Waals surface area (Å²) in [5, 5.41) is 10.2. The SMILES string of the molecule is CC1(C)CCC[C@@](C)(OB(O)CCc2ccccc2)C1. The average molecular weight is 274 g/mol. The third-order valence-electron chi connectivity index (χ3n) is 4.36. The second-order valence-electron chi connectivity index (χ2n) is 7.24. The maximum atomic E-state index is 10.2. The zero-order valence-electron chi connectivity index (χ0n) is 13.1.